The van der Waals surface area contributed by atoms with Crippen molar-refractivity contribution in [2.75, 3.05) is 18.0 Å². The molecular formula is C23H27N5O. The monoisotopic (exact) mass is 389 g/mol. The van der Waals surface area contributed by atoms with E-state index < -0.39 is 0 Å². The first kappa shape index (κ1) is 20.6. The summed E-state index contributed by atoms with van der Waals surface area (Å²) in [6.07, 6.45) is 1.74. The smallest absolute Gasteiger partial charge is 0.271 e. The SMILES string of the molecule is [C-]#[N+]c1ccc(-c2nc(N3CCC(N)CC3)n(C)c(=O)c2C#CC(C)(C)C)cc1. The summed E-state index contributed by atoms with van der Waals surface area (Å²) in [5.41, 5.74) is 7.91. The van der Waals surface area contributed by atoms with Crippen molar-refractivity contribution in [1.82, 2.24) is 9.55 Å². The Morgan fingerprint density at radius 1 is 1.21 bits per heavy atom. The molecule has 0 bridgehead atoms. The summed E-state index contributed by atoms with van der Waals surface area (Å²) in [5, 5.41) is 0. The van der Waals surface area contributed by atoms with Crippen LogP contribution in [-0.4, -0.2) is 28.7 Å². The second-order valence-corrected chi connectivity index (χ2v) is 8.48. The minimum Gasteiger partial charge on any atom is -0.342 e. The molecule has 1 aliphatic rings. The molecule has 0 saturated carbocycles. The van der Waals surface area contributed by atoms with Crippen LogP contribution in [0.2, 0.25) is 0 Å². The summed E-state index contributed by atoms with van der Waals surface area (Å²) < 4.78 is 1.58. The van der Waals surface area contributed by atoms with Gasteiger partial charge in [-0.3, -0.25) is 9.36 Å². The van der Waals surface area contributed by atoms with Gasteiger partial charge < -0.3 is 10.6 Å². The maximum absolute atomic E-state index is 13.3. The fourth-order valence-electron chi connectivity index (χ4n) is 3.24. The van der Waals surface area contributed by atoms with Gasteiger partial charge in [-0.2, -0.15) is 0 Å². The predicted molar refractivity (Wildman–Crippen MR) is 117 cm³/mol. The largest absolute Gasteiger partial charge is 0.342 e. The van der Waals surface area contributed by atoms with Crippen LogP contribution >= 0.6 is 0 Å². The number of hydrogen-bond donors (Lipinski definition) is 1. The van der Waals surface area contributed by atoms with E-state index >= 15 is 0 Å². The van der Waals surface area contributed by atoms with Gasteiger partial charge in [-0.25, -0.2) is 9.83 Å². The van der Waals surface area contributed by atoms with E-state index in [1.165, 1.54) is 0 Å². The zero-order valence-electron chi connectivity index (χ0n) is 17.5. The number of benzene rings is 1. The lowest BCUT2D eigenvalue weighted by molar-refractivity contribution is 0.490. The lowest BCUT2D eigenvalue weighted by Crippen LogP contribution is -2.42. The maximum Gasteiger partial charge on any atom is 0.271 e. The average Bonchev–Trinajstić information content (AvgIpc) is 2.69. The molecule has 1 aliphatic heterocycles. The molecular weight excluding hydrogens is 362 g/mol. The third-order valence-corrected chi connectivity index (χ3v) is 4.92. The first-order valence-corrected chi connectivity index (χ1v) is 9.82. The number of anilines is 1. The Bertz CT molecular complexity index is 1050. The topological polar surface area (TPSA) is 68.5 Å². The van der Waals surface area contributed by atoms with Gasteiger partial charge in [0.2, 0.25) is 5.95 Å². The Labute approximate surface area is 172 Å². The van der Waals surface area contributed by atoms with Crippen molar-refractivity contribution in [2.45, 2.75) is 39.7 Å². The van der Waals surface area contributed by atoms with Crippen molar-refractivity contribution in [3.05, 3.63) is 51.6 Å². The van der Waals surface area contributed by atoms with Gasteiger partial charge >= 0.3 is 0 Å². The number of nitrogens with two attached hydrogens (primary N) is 1. The summed E-state index contributed by atoms with van der Waals surface area (Å²) >= 11 is 0. The Kier molecular flexibility index (Phi) is 5.77. The lowest BCUT2D eigenvalue weighted by Gasteiger charge is -2.32. The number of piperidine rings is 1. The number of hydrogen-bond acceptors (Lipinski definition) is 4. The second-order valence-electron chi connectivity index (χ2n) is 8.48. The molecule has 2 heterocycles. The van der Waals surface area contributed by atoms with E-state index in [1.54, 1.807) is 23.7 Å². The Balaban J connectivity index is 2.19. The maximum atomic E-state index is 13.3. The summed E-state index contributed by atoms with van der Waals surface area (Å²) in [4.78, 5) is 23.7. The quantitative estimate of drug-likeness (QED) is 0.632. The van der Waals surface area contributed by atoms with Crippen LogP contribution < -0.4 is 16.2 Å². The predicted octanol–water partition coefficient (Wildman–Crippen LogP) is 3.32. The van der Waals surface area contributed by atoms with Crippen LogP contribution in [0.25, 0.3) is 16.1 Å². The fourth-order valence-corrected chi connectivity index (χ4v) is 3.24. The van der Waals surface area contributed by atoms with Gasteiger partial charge in [0.25, 0.3) is 5.56 Å². The van der Waals surface area contributed by atoms with E-state index in [-0.39, 0.29) is 17.0 Å². The Morgan fingerprint density at radius 3 is 2.38 bits per heavy atom. The van der Waals surface area contributed by atoms with Gasteiger partial charge in [-0.15, -0.1) is 0 Å². The third kappa shape index (κ3) is 4.67. The highest BCUT2D eigenvalue weighted by Gasteiger charge is 2.23. The van der Waals surface area contributed by atoms with Crippen LogP contribution in [0.1, 0.15) is 39.2 Å². The highest BCUT2D eigenvalue weighted by Crippen LogP contribution is 2.26. The van der Waals surface area contributed by atoms with Gasteiger partial charge in [0.1, 0.15) is 5.56 Å². The first-order valence-electron chi connectivity index (χ1n) is 9.82. The van der Waals surface area contributed by atoms with Crippen molar-refractivity contribution in [3.63, 3.8) is 0 Å². The summed E-state index contributed by atoms with van der Waals surface area (Å²) in [7, 11) is 1.74. The molecule has 29 heavy (non-hydrogen) atoms. The van der Waals surface area contributed by atoms with Gasteiger partial charge in [-0.05, 0) is 39.2 Å². The molecule has 0 unspecified atom stereocenters. The van der Waals surface area contributed by atoms with Crippen molar-refractivity contribution >= 4 is 11.6 Å². The van der Waals surface area contributed by atoms with Crippen LogP contribution in [0.15, 0.2) is 29.1 Å². The van der Waals surface area contributed by atoms with Crippen molar-refractivity contribution in [1.29, 1.82) is 0 Å². The van der Waals surface area contributed by atoms with Crippen LogP contribution in [0.4, 0.5) is 11.6 Å². The molecule has 1 saturated heterocycles. The van der Waals surface area contributed by atoms with E-state index in [1.807, 2.05) is 32.9 Å². The van der Waals surface area contributed by atoms with Crippen molar-refractivity contribution in [2.24, 2.45) is 18.2 Å². The van der Waals surface area contributed by atoms with E-state index in [0.717, 1.165) is 31.5 Å². The molecule has 0 radical (unpaired) electrons. The van der Waals surface area contributed by atoms with E-state index in [0.29, 0.717) is 22.9 Å². The second kappa shape index (κ2) is 8.11. The molecule has 3 rings (SSSR count). The van der Waals surface area contributed by atoms with Gasteiger partial charge in [-0.1, -0.05) is 36.1 Å². The highest BCUT2D eigenvalue weighted by molar-refractivity contribution is 5.70. The van der Waals surface area contributed by atoms with E-state index in [4.69, 9.17) is 17.3 Å². The number of aromatic nitrogens is 2. The Morgan fingerprint density at radius 2 is 1.83 bits per heavy atom. The molecule has 0 atom stereocenters. The Hall–Kier alpha value is -3.09. The number of nitrogens with zero attached hydrogens (tertiary/aromatic N) is 4. The van der Waals surface area contributed by atoms with Crippen molar-refractivity contribution in [3.8, 4) is 23.1 Å². The number of rotatable bonds is 2. The van der Waals surface area contributed by atoms with Crippen LogP contribution in [-0.2, 0) is 7.05 Å². The molecule has 150 valence electrons. The van der Waals surface area contributed by atoms with Gasteiger partial charge in [0.15, 0.2) is 5.69 Å². The molecule has 1 aromatic heterocycles. The molecule has 2 N–H and O–H groups in total. The minimum absolute atomic E-state index is 0.161. The van der Waals surface area contributed by atoms with Crippen molar-refractivity contribution < 1.29 is 0 Å². The molecule has 1 aromatic carbocycles. The molecule has 6 nitrogen and oxygen atoms in total. The molecule has 0 spiro atoms. The van der Waals surface area contributed by atoms with Gasteiger partial charge in [0, 0.05) is 31.6 Å². The average molecular weight is 390 g/mol. The third-order valence-electron chi connectivity index (χ3n) is 4.92. The molecule has 1 fully saturated rings. The lowest BCUT2D eigenvalue weighted by atomic mass is 9.97. The zero-order chi connectivity index (χ0) is 21.2. The fraction of sp³-hybridized carbons (Fsp3) is 0.435. The van der Waals surface area contributed by atoms with Crippen LogP contribution in [0.5, 0.6) is 0 Å². The molecule has 0 aliphatic carbocycles. The molecule has 2 aromatic rings. The van der Waals surface area contributed by atoms with Crippen LogP contribution in [0, 0.1) is 23.8 Å². The highest BCUT2D eigenvalue weighted by atomic mass is 16.1. The standard InChI is InChI=1S/C23H27N5O/c1-23(2,3)13-10-19-20(16-6-8-18(25-4)9-7-16)26-22(27(5)21(19)29)28-14-11-17(24)12-15-28/h6-9,17H,11-12,14-15,24H2,1-3,5H3. The first-order chi connectivity index (χ1) is 13.7. The summed E-state index contributed by atoms with van der Waals surface area (Å²) in [6.45, 7) is 14.7. The van der Waals surface area contributed by atoms with Gasteiger partial charge in [0.05, 0.1) is 12.3 Å². The normalized spacial score (nSPS) is 14.8. The minimum atomic E-state index is -0.238. The van der Waals surface area contributed by atoms with E-state index in [2.05, 4.69) is 21.6 Å². The van der Waals surface area contributed by atoms with E-state index in [9.17, 15) is 4.79 Å². The molecule has 6 heteroatoms. The summed E-state index contributed by atoms with van der Waals surface area (Å²) in [5.74, 6) is 6.88. The van der Waals surface area contributed by atoms with Crippen LogP contribution in [0.3, 0.4) is 0 Å². The molecule has 0 amide bonds. The summed E-state index contributed by atoms with van der Waals surface area (Å²) in [6, 6.07) is 7.32. The zero-order valence-corrected chi connectivity index (χ0v) is 17.5.